The van der Waals surface area contributed by atoms with Crippen LogP contribution in [-0.4, -0.2) is 6.03 Å². The predicted molar refractivity (Wildman–Crippen MR) is 95.9 cm³/mol. The van der Waals surface area contributed by atoms with Crippen LogP contribution in [0.25, 0.3) is 0 Å². The zero-order valence-electron chi connectivity index (χ0n) is 13.5. The molecule has 0 radical (unpaired) electrons. The van der Waals surface area contributed by atoms with E-state index >= 15 is 0 Å². The lowest BCUT2D eigenvalue weighted by molar-refractivity contribution is 0.238. The number of para-hydroxylation sites is 1. The molecule has 0 fully saturated rings. The summed E-state index contributed by atoms with van der Waals surface area (Å²) in [5, 5.41) is 5.76. The van der Waals surface area contributed by atoms with Crippen LogP contribution in [0.3, 0.4) is 0 Å². The highest BCUT2D eigenvalue weighted by Gasteiger charge is 2.28. The summed E-state index contributed by atoms with van der Waals surface area (Å²) in [7, 11) is 0. The van der Waals surface area contributed by atoms with Gasteiger partial charge in [0.15, 0.2) is 0 Å². The molecule has 0 saturated heterocycles. The number of rotatable bonds is 5. The molecule has 1 atom stereocenters. The molecule has 1 heterocycles. The predicted octanol–water partition coefficient (Wildman–Crippen LogP) is 3.44. The van der Waals surface area contributed by atoms with Crippen molar-refractivity contribution >= 4 is 11.7 Å². The smallest absolute Gasteiger partial charge is 0.319 e. The van der Waals surface area contributed by atoms with E-state index in [0.29, 0.717) is 5.70 Å². The Kier molecular flexibility index (Phi) is 4.52. The summed E-state index contributed by atoms with van der Waals surface area (Å²) < 4.78 is 0. The van der Waals surface area contributed by atoms with Crippen LogP contribution in [-0.2, 0) is 0 Å². The fourth-order valence-electron chi connectivity index (χ4n) is 2.73. The van der Waals surface area contributed by atoms with Crippen LogP contribution in [0.4, 0.5) is 10.5 Å². The van der Waals surface area contributed by atoms with E-state index in [1.165, 1.54) is 0 Å². The Bertz CT molecular complexity index is 768. The van der Waals surface area contributed by atoms with Gasteiger partial charge in [-0.2, -0.15) is 0 Å². The van der Waals surface area contributed by atoms with Crippen molar-refractivity contribution in [3.63, 3.8) is 0 Å². The van der Waals surface area contributed by atoms with E-state index in [-0.39, 0.29) is 12.1 Å². The summed E-state index contributed by atoms with van der Waals surface area (Å²) in [5.41, 5.74) is 10.6. The molecule has 0 aromatic heterocycles. The minimum atomic E-state index is -0.252. The Morgan fingerprint density at radius 3 is 2.33 bits per heavy atom. The number of nitrogens with one attached hydrogen (secondary N) is 4. The van der Waals surface area contributed by atoms with E-state index in [0.717, 1.165) is 22.5 Å². The van der Waals surface area contributed by atoms with Gasteiger partial charge in [0, 0.05) is 11.3 Å². The second kappa shape index (κ2) is 6.91. The zero-order valence-corrected chi connectivity index (χ0v) is 13.5. The van der Waals surface area contributed by atoms with Crippen LogP contribution in [0.2, 0.25) is 0 Å². The highest BCUT2D eigenvalue weighted by atomic mass is 16.2. The number of carbonyl (C=O) groups is 1. The first-order chi connectivity index (χ1) is 11.6. The SMILES string of the molecule is C=C(NNc1ccccc1)C1=C(C)NC(=O)NC1c1ccccc1. The Morgan fingerprint density at radius 2 is 1.67 bits per heavy atom. The molecule has 1 unspecified atom stereocenters. The molecule has 0 spiro atoms. The minimum absolute atomic E-state index is 0.214. The molecule has 24 heavy (non-hydrogen) atoms. The molecule has 4 N–H and O–H groups in total. The number of benzene rings is 2. The van der Waals surface area contributed by atoms with Crippen LogP contribution in [0, 0.1) is 0 Å². The molecular formula is C19H20N4O. The summed E-state index contributed by atoms with van der Waals surface area (Å²) in [6, 6.07) is 19.1. The topological polar surface area (TPSA) is 65.2 Å². The molecule has 1 aliphatic heterocycles. The van der Waals surface area contributed by atoms with Crippen LogP contribution in [0.1, 0.15) is 18.5 Å². The van der Waals surface area contributed by atoms with Gasteiger partial charge in [-0.15, -0.1) is 0 Å². The van der Waals surface area contributed by atoms with Crippen molar-refractivity contribution in [3.05, 3.63) is 89.8 Å². The number of hydrazine groups is 1. The lowest BCUT2D eigenvalue weighted by Crippen LogP contribution is -2.45. The number of amides is 2. The van der Waals surface area contributed by atoms with E-state index in [1.807, 2.05) is 67.6 Å². The normalized spacial score (nSPS) is 16.9. The van der Waals surface area contributed by atoms with Crippen LogP contribution in [0.15, 0.2) is 84.2 Å². The standard InChI is InChI=1S/C19H20N4O/c1-13-17(14(2)22-23-16-11-7-4-8-12-16)18(21-19(24)20-13)15-9-5-3-6-10-15/h3-12,18,22-23H,2H2,1H3,(H2,20,21,24). The van der Waals surface area contributed by atoms with Gasteiger partial charge in [0.1, 0.15) is 0 Å². The Hall–Kier alpha value is -3.21. The Labute approximate surface area is 141 Å². The van der Waals surface area contributed by atoms with Crippen molar-refractivity contribution in [1.82, 2.24) is 16.1 Å². The first-order valence-corrected chi connectivity index (χ1v) is 7.75. The van der Waals surface area contributed by atoms with E-state index in [4.69, 9.17) is 0 Å². The summed E-state index contributed by atoms with van der Waals surface area (Å²) in [6.07, 6.45) is 0. The third kappa shape index (κ3) is 3.41. The number of allylic oxidation sites excluding steroid dienone is 1. The number of carbonyl (C=O) groups excluding carboxylic acids is 1. The lowest BCUT2D eigenvalue weighted by atomic mass is 9.94. The fourth-order valence-corrected chi connectivity index (χ4v) is 2.73. The first-order valence-electron chi connectivity index (χ1n) is 7.75. The van der Waals surface area contributed by atoms with Crippen molar-refractivity contribution in [1.29, 1.82) is 0 Å². The molecule has 2 aromatic carbocycles. The highest BCUT2D eigenvalue weighted by Crippen LogP contribution is 2.29. The fraction of sp³-hybridized carbons (Fsp3) is 0.105. The van der Waals surface area contributed by atoms with Gasteiger partial charge in [-0.3, -0.25) is 0 Å². The second-order valence-electron chi connectivity index (χ2n) is 5.58. The number of hydrogen-bond acceptors (Lipinski definition) is 3. The van der Waals surface area contributed by atoms with Gasteiger partial charge in [-0.25, -0.2) is 4.79 Å². The maximum Gasteiger partial charge on any atom is 0.319 e. The summed E-state index contributed by atoms with van der Waals surface area (Å²) in [6.45, 7) is 6.00. The third-order valence-electron chi connectivity index (χ3n) is 3.86. The van der Waals surface area contributed by atoms with Crippen molar-refractivity contribution in [2.24, 2.45) is 0 Å². The van der Waals surface area contributed by atoms with Gasteiger partial charge in [0.2, 0.25) is 0 Å². The average molecular weight is 320 g/mol. The molecule has 2 aromatic rings. The zero-order chi connectivity index (χ0) is 16.9. The highest BCUT2D eigenvalue weighted by molar-refractivity contribution is 5.79. The molecule has 0 saturated carbocycles. The van der Waals surface area contributed by atoms with Crippen molar-refractivity contribution in [2.75, 3.05) is 5.43 Å². The number of urea groups is 1. The summed E-state index contributed by atoms with van der Waals surface area (Å²) in [5.74, 6) is 0. The Balaban J connectivity index is 1.83. The molecule has 0 bridgehead atoms. The van der Waals surface area contributed by atoms with Crippen LogP contribution >= 0.6 is 0 Å². The maximum absolute atomic E-state index is 11.9. The minimum Gasteiger partial charge on any atom is -0.327 e. The van der Waals surface area contributed by atoms with Gasteiger partial charge in [-0.05, 0) is 24.6 Å². The maximum atomic E-state index is 11.9. The van der Waals surface area contributed by atoms with Gasteiger partial charge < -0.3 is 21.5 Å². The van der Waals surface area contributed by atoms with E-state index in [1.54, 1.807) is 0 Å². The summed E-state index contributed by atoms with van der Waals surface area (Å²) >= 11 is 0. The summed E-state index contributed by atoms with van der Waals surface area (Å²) in [4.78, 5) is 11.9. The molecule has 3 rings (SSSR count). The van der Waals surface area contributed by atoms with Gasteiger partial charge in [0.05, 0.1) is 17.4 Å². The molecule has 122 valence electrons. The number of anilines is 1. The van der Waals surface area contributed by atoms with Crippen LogP contribution in [0.5, 0.6) is 0 Å². The third-order valence-corrected chi connectivity index (χ3v) is 3.86. The largest absolute Gasteiger partial charge is 0.327 e. The molecular weight excluding hydrogens is 300 g/mol. The van der Waals surface area contributed by atoms with E-state index in [2.05, 4.69) is 28.1 Å². The Morgan fingerprint density at radius 1 is 1.04 bits per heavy atom. The van der Waals surface area contributed by atoms with E-state index < -0.39 is 0 Å². The van der Waals surface area contributed by atoms with Gasteiger partial charge in [0.25, 0.3) is 0 Å². The average Bonchev–Trinajstić information content (AvgIpc) is 2.60. The van der Waals surface area contributed by atoms with Gasteiger partial charge >= 0.3 is 6.03 Å². The second-order valence-corrected chi connectivity index (χ2v) is 5.58. The van der Waals surface area contributed by atoms with Gasteiger partial charge in [-0.1, -0.05) is 55.1 Å². The number of hydrogen-bond donors (Lipinski definition) is 4. The molecule has 0 aliphatic carbocycles. The quantitative estimate of drug-likeness (QED) is 0.638. The van der Waals surface area contributed by atoms with Crippen molar-refractivity contribution < 1.29 is 4.79 Å². The molecule has 2 amide bonds. The van der Waals surface area contributed by atoms with Crippen molar-refractivity contribution in [3.8, 4) is 0 Å². The molecule has 5 heteroatoms. The molecule has 1 aliphatic rings. The monoisotopic (exact) mass is 320 g/mol. The lowest BCUT2D eigenvalue weighted by Gasteiger charge is -2.31. The van der Waals surface area contributed by atoms with Crippen molar-refractivity contribution in [2.45, 2.75) is 13.0 Å². The molecule has 5 nitrogen and oxygen atoms in total. The first kappa shape index (κ1) is 15.7. The van der Waals surface area contributed by atoms with Crippen LogP contribution < -0.4 is 21.5 Å². The van der Waals surface area contributed by atoms with E-state index in [9.17, 15) is 4.79 Å².